The molecule has 5 rings (SSSR count). The van der Waals surface area contributed by atoms with E-state index in [1.165, 1.54) is 37.1 Å². The number of benzene rings is 2. The van der Waals surface area contributed by atoms with Crippen LogP contribution >= 0.6 is 0 Å². The van der Waals surface area contributed by atoms with Crippen LogP contribution < -0.4 is 4.74 Å². The number of piperazine rings is 1. The average Bonchev–Trinajstić information content (AvgIpc) is 3.39. The first-order valence-electron chi connectivity index (χ1n) is 13.7. The van der Waals surface area contributed by atoms with E-state index in [1.807, 2.05) is 0 Å². The van der Waals surface area contributed by atoms with E-state index in [1.54, 1.807) is 36.1 Å². The number of carbonyl (C=O) groups excluding carboxylic acids is 1. The highest BCUT2D eigenvalue weighted by Gasteiger charge is 2.41. The van der Waals surface area contributed by atoms with Crippen LogP contribution in [0.3, 0.4) is 0 Å². The summed E-state index contributed by atoms with van der Waals surface area (Å²) >= 11 is 0. The van der Waals surface area contributed by atoms with Gasteiger partial charge >= 0.3 is 12.4 Å². The number of rotatable bonds is 6. The summed E-state index contributed by atoms with van der Waals surface area (Å²) in [6, 6.07) is 9.78. The fourth-order valence-corrected chi connectivity index (χ4v) is 5.77. The van der Waals surface area contributed by atoms with Crippen molar-refractivity contribution >= 4 is 11.6 Å². The zero-order chi connectivity index (χ0) is 32.0. The molecule has 8 nitrogen and oxygen atoms in total. The Kier molecular flexibility index (Phi) is 8.33. The van der Waals surface area contributed by atoms with Gasteiger partial charge in [-0.2, -0.15) is 31.4 Å². The lowest BCUT2D eigenvalue weighted by Gasteiger charge is -2.43. The number of methoxy groups -OCH3 is 1. The van der Waals surface area contributed by atoms with Crippen molar-refractivity contribution in [1.29, 1.82) is 0 Å². The van der Waals surface area contributed by atoms with Crippen LogP contribution in [0.25, 0.3) is 16.9 Å². The second-order valence-corrected chi connectivity index (χ2v) is 10.6. The molecule has 3 heterocycles. The van der Waals surface area contributed by atoms with Crippen LogP contribution in [0.2, 0.25) is 0 Å². The summed E-state index contributed by atoms with van der Waals surface area (Å²) in [6.07, 6.45) is -8.39. The molecular formula is C30H29F6N5O3. The number of carbonyl (C=O) groups is 1. The number of alkyl halides is 6. The third kappa shape index (κ3) is 5.71. The number of aromatic nitrogens is 3. The van der Waals surface area contributed by atoms with Crippen molar-refractivity contribution in [2.45, 2.75) is 38.3 Å². The number of hydrogen-bond donors (Lipinski definition) is 1. The van der Waals surface area contributed by atoms with E-state index < -0.39 is 48.2 Å². The lowest BCUT2D eigenvalue weighted by atomic mass is 9.97. The Balaban J connectivity index is 1.48. The molecule has 0 radical (unpaired) electrons. The Morgan fingerprint density at radius 3 is 2.32 bits per heavy atom. The first-order chi connectivity index (χ1) is 20.8. The number of hydrogen-bond acceptors (Lipinski definition) is 6. The molecule has 2 aromatic heterocycles. The number of aliphatic hydroxyl groups excluding tert-OH is 1. The summed E-state index contributed by atoms with van der Waals surface area (Å²) in [6.45, 7) is 2.66. The highest BCUT2D eigenvalue weighted by atomic mass is 19.4. The van der Waals surface area contributed by atoms with Crippen LogP contribution in [-0.4, -0.2) is 74.8 Å². The molecule has 1 amide bonds. The number of amides is 1. The normalized spacial score (nSPS) is 17.2. The van der Waals surface area contributed by atoms with Crippen LogP contribution in [0, 0.1) is 6.92 Å². The van der Waals surface area contributed by atoms with Crippen LogP contribution in [0.5, 0.6) is 5.75 Å². The Morgan fingerprint density at radius 2 is 1.73 bits per heavy atom. The van der Waals surface area contributed by atoms with Crippen molar-refractivity contribution in [3.8, 4) is 17.0 Å². The minimum Gasteiger partial charge on any atom is -0.497 e. The van der Waals surface area contributed by atoms with Crippen LogP contribution in [0.1, 0.15) is 45.7 Å². The summed E-state index contributed by atoms with van der Waals surface area (Å²) in [5.41, 5.74) is -2.20. The molecule has 44 heavy (non-hydrogen) atoms. The second-order valence-electron chi connectivity index (χ2n) is 10.6. The Bertz CT molecular complexity index is 1670. The summed E-state index contributed by atoms with van der Waals surface area (Å²) in [7, 11) is 1.46. The molecule has 1 aliphatic heterocycles. The maximum Gasteiger partial charge on any atom is 0.433 e. The van der Waals surface area contributed by atoms with Crippen molar-refractivity contribution in [3.63, 3.8) is 0 Å². The van der Waals surface area contributed by atoms with Gasteiger partial charge in [-0.3, -0.25) is 9.69 Å². The molecule has 1 fully saturated rings. The maximum absolute atomic E-state index is 14.3. The van der Waals surface area contributed by atoms with Gasteiger partial charge < -0.3 is 14.7 Å². The molecule has 4 aromatic rings. The third-order valence-electron chi connectivity index (χ3n) is 7.90. The van der Waals surface area contributed by atoms with Gasteiger partial charge in [-0.15, -0.1) is 0 Å². The first-order valence-corrected chi connectivity index (χ1v) is 13.7. The smallest absolute Gasteiger partial charge is 0.433 e. The van der Waals surface area contributed by atoms with E-state index in [0.29, 0.717) is 15.8 Å². The van der Waals surface area contributed by atoms with E-state index in [2.05, 4.69) is 10.1 Å². The molecule has 0 aliphatic carbocycles. The highest BCUT2D eigenvalue weighted by molar-refractivity contribution is 6.00. The lowest BCUT2D eigenvalue weighted by molar-refractivity contribution is -0.143. The van der Waals surface area contributed by atoms with Gasteiger partial charge in [-0.1, -0.05) is 18.2 Å². The zero-order valence-electron chi connectivity index (χ0n) is 23.9. The molecule has 234 valence electrons. The molecule has 0 spiro atoms. The van der Waals surface area contributed by atoms with Gasteiger partial charge in [0.1, 0.15) is 11.3 Å². The Hall–Kier alpha value is -4.17. The van der Waals surface area contributed by atoms with Crippen molar-refractivity contribution in [2.75, 3.05) is 33.4 Å². The number of halogens is 6. The summed E-state index contributed by atoms with van der Waals surface area (Å²) in [5, 5.41) is 14.0. The van der Waals surface area contributed by atoms with E-state index in [4.69, 9.17) is 4.74 Å². The van der Waals surface area contributed by atoms with Crippen molar-refractivity contribution in [3.05, 3.63) is 82.7 Å². The maximum atomic E-state index is 14.3. The van der Waals surface area contributed by atoms with Gasteiger partial charge in [0.2, 0.25) is 0 Å². The number of aliphatic hydroxyl groups is 1. The fraction of sp³-hybridized carbons (Fsp3) is 0.367. The monoisotopic (exact) mass is 621 g/mol. The average molecular weight is 622 g/mol. The second kappa shape index (κ2) is 11.7. The summed E-state index contributed by atoms with van der Waals surface area (Å²) < 4.78 is 89.8. The van der Waals surface area contributed by atoms with Gasteiger partial charge in [0.15, 0.2) is 11.3 Å². The van der Waals surface area contributed by atoms with Crippen molar-refractivity contribution < 1.29 is 41.0 Å². The predicted octanol–water partition coefficient (Wildman–Crippen LogP) is 5.63. The number of nitrogens with zero attached hydrogens (tertiary/aromatic N) is 5. The molecular weight excluding hydrogens is 592 g/mol. The standard InChI is InChI=1S/C30H29F6N5O3/c1-17-15-39(24(16-42)21-6-4-5-7-23(21)29(31,32)33)12-13-40(17)28(43)22-14-37-41-26(30(34,35)36)18(2)25(38-27(22)41)19-8-10-20(44-3)11-9-19/h4-11,14,17,24,42H,12-13,15-16H2,1-3H3/t17-,24-/m1/s1. The zero-order valence-corrected chi connectivity index (χ0v) is 23.9. The van der Waals surface area contributed by atoms with Crippen molar-refractivity contribution in [2.24, 2.45) is 0 Å². The van der Waals surface area contributed by atoms with Crippen LogP contribution in [-0.2, 0) is 12.4 Å². The van der Waals surface area contributed by atoms with E-state index in [9.17, 15) is 36.2 Å². The molecule has 1 N–H and O–H groups in total. The van der Waals surface area contributed by atoms with E-state index in [-0.39, 0.29) is 47.7 Å². The van der Waals surface area contributed by atoms with Gasteiger partial charge in [-0.25, -0.2) is 9.50 Å². The largest absolute Gasteiger partial charge is 0.497 e. The third-order valence-corrected chi connectivity index (χ3v) is 7.90. The number of fused-ring (bicyclic) bond motifs is 1. The Morgan fingerprint density at radius 1 is 1.05 bits per heavy atom. The molecule has 1 aliphatic rings. The highest BCUT2D eigenvalue weighted by Crippen LogP contribution is 2.38. The van der Waals surface area contributed by atoms with E-state index in [0.717, 1.165) is 12.3 Å². The van der Waals surface area contributed by atoms with Crippen molar-refractivity contribution in [1.82, 2.24) is 24.4 Å². The minimum atomic E-state index is -4.82. The fourth-order valence-electron chi connectivity index (χ4n) is 5.77. The topological polar surface area (TPSA) is 83.2 Å². The SMILES string of the molecule is COc1ccc(-c2nc3c(C(=O)N4CCN([C@H](CO)c5ccccc5C(F)(F)F)C[C@H]4C)cnn3c(C(F)(F)F)c2C)cc1. The molecule has 0 bridgehead atoms. The molecule has 0 saturated carbocycles. The summed E-state index contributed by atoms with van der Waals surface area (Å²) in [5.74, 6) is -0.115. The Labute approximate surface area is 248 Å². The summed E-state index contributed by atoms with van der Waals surface area (Å²) in [4.78, 5) is 21.3. The molecule has 1 saturated heterocycles. The molecule has 2 aromatic carbocycles. The van der Waals surface area contributed by atoms with Crippen LogP contribution in [0.4, 0.5) is 26.3 Å². The molecule has 14 heteroatoms. The first kappa shape index (κ1) is 31.3. The van der Waals surface area contributed by atoms with Gasteiger partial charge in [0.05, 0.1) is 37.2 Å². The molecule has 2 atom stereocenters. The van der Waals surface area contributed by atoms with E-state index >= 15 is 0 Å². The predicted molar refractivity (Wildman–Crippen MR) is 148 cm³/mol. The molecule has 0 unspecified atom stereocenters. The minimum absolute atomic E-state index is 0.0222. The number of ether oxygens (including phenoxy) is 1. The van der Waals surface area contributed by atoms with Crippen LogP contribution in [0.15, 0.2) is 54.7 Å². The van der Waals surface area contributed by atoms with Gasteiger partial charge in [-0.05, 0) is 49.7 Å². The van der Waals surface area contributed by atoms with Gasteiger partial charge in [0, 0.05) is 36.8 Å². The quantitative estimate of drug-likeness (QED) is 0.281. The lowest BCUT2D eigenvalue weighted by Crippen LogP contribution is -2.55. The van der Waals surface area contributed by atoms with Gasteiger partial charge in [0.25, 0.3) is 5.91 Å².